The monoisotopic (exact) mass is 340 g/mol. The van der Waals surface area contributed by atoms with E-state index in [1.54, 1.807) is 6.07 Å². The molecule has 0 amide bonds. The molecular weight excluding hydrogens is 324 g/mol. The number of benzene rings is 3. The van der Waals surface area contributed by atoms with Gasteiger partial charge in [0.05, 0.1) is 0 Å². The summed E-state index contributed by atoms with van der Waals surface area (Å²) in [4.78, 5) is 0. The van der Waals surface area contributed by atoms with Gasteiger partial charge in [-0.05, 0) is 30.3 Å². The average molecular weight is 340 g/mol. The second-order valence-electron chi connectivity index (χ2n) is 5.95. The predicted octanol–water partition coefficient (Wildman–Crippen LogP) is 4.10. The predicted molar refractivity (Wildman–Crippen MR) is 103 cm³/mol. The van der Waals surface area contributed by atoms with E-state index < -0.39 is 0 Å². The van der Waals surface area contributed by atoms with Crippen molar-refractivity contribution in [1.82, 2.24) is 0 Å². The fourth-order valence-electron chi connectivity index (χ4n) is 3.02. The molecule has 0 bridgehead atoms. The highest BCUT2D eigenvalue weighted by molar-refractivity contribution is 5.88. The number of hydrogen-bond acceptors (Lipinski definition) is 2. The van der Waals surface area contributed by atoms with E-state index in [0.717, 1.165) is 42.2 Å². The van der Waals surface area contributed by atoms with E-state index in [4.69, 9.17) is 0 Å². The summed E-state index contributed by atoms with van der Waals surface area (Å²) in [5, 5.41) is 26.0. The standard InChI is InChI=1S/C13H9NO.C9H7NO/c15-14-12-7-3-1-5-10(12)9-11-6-2-4-8-13(11)14;11-10-7-3-5-8-4-1-2-6-9(8)10/h1-9H;1-7H. The molecule has 0 aliphatic carbocycles. The largest absolute Gasteiger partial charge is 0.618 e. The van der Waals surface area contributed by atoms with Gasteiger partial charge in [-0.1, -0.05) is 36.4 Å². The van der Waals surface area contributed by atoms with Crippen molar-refractivity contribution in [3.05, 3.63) is 108 Å². The van der Waals surface area contributed by atoms with Crippen LogP contribution in [0.2, 0.25) is 0 Å². The van der Waals surface area contributed by atoms with Crippen LogP contribution in [-0.2, 0) is 0 Å². The Bertz CT molecular complexity index is 1160. The Kier molecular flexibility index (Phi) is 4.07. The minimum Gasteiger partial charge on any atom is -0.618 e. The fraction of sp³-hybridized carbons (Fsp3) is 0. The lowest BCUT2D eigenvalue weighted by molar-refractivity contribution is -0.577. The summed E-state index contributed by atoms with van der Waals surface area (Å²) in [5.41, 5.74) is 2.16. The van der Waals surface area contributed by atoms with Crippen LogP contribution in [0.1, 0.15) is 0 Å². The number of pyridine rings is 2. The van der Waals surface area contributed by atoms with Crippen LogP contribution in [0.4, 0.5) is 0 Å². The van der Waals surface area contributed by atoms with Gasteiger partial charge in [0.25, 0.3) is 0 Å². The maximum Gasteiger partial charge on any atom is 0.224 e. The fourth-order valence-corrected chi connectivity index (χ4v) is 3.02. The molecule has 0 fully saturated rings. The van der Waals surface area contributed by atoms with Crippen LogP contribution < -0.4 is 9.46 Å². The quantitative estimate of drug-likeness (QED) is 0.242. The van der Waals surface area contributed by atoms with E-state index in [-0.39, 0.29) is 0 Å². The van der Waals surface area contributed by atoms with Crippen molar-refractivity contribution in [2.24, 2.45) is 0 Å². The van der Waals surface area contributed by atoms with Crippen LogP contribution in [0.5, 0.6) is 0 Å². The summed E-state index contributed by atoms with van der Waals surface area (Å²) in [5.74, 6) is 0. The lowest BCUT2D eigenvalue weighted by Gasteiger charge is -2.04. The summed E-state index contributed by atoms with van der Waals surface area (Å²) in [7, 11) is 0. The molecular formula is C22H16N2O2. The first-order chi connectivity index (χ1) is 12.7. The minimum absolute atomic E-state index is 0.718. The molecule has 0 radical (unpaired) electrons. The van der Waals surface area contributed by atoms with Crippen molar-refractivity contribution in [1.29, 1.82) is 0 Å². The number of aromatic nitrogens is 2. The van der Waals surface area contributed by atoms with E-state index in [2.05, 4.69) is 0 Å². The van der Waals surface area contributed by atoms with E-state index in [9.17, 15) is 10.4 Å². The van der Waals surface area contributed by atoms with Crippen molar-refractivity contribution in [2.45, 2.75) is 0 Å². The molecule has 0 aliphatic rings. The van der Waals surface area contributed by atoms with Crippen LogP contribution in [0.25, 0.3) is 32.7 Å². The average Bonchev–Trinajstić information content (AvgIpc) is 2.69. The highest BCUT2D eigenvalue weighted by Crippen LogP contribution is 2.17. The first kappa shape index (κ1) is 15.8. The first-order valence-corrected chi connectivity index (χ1v) is 8.31. The number of hydrogen-bond donors (Lipinski definition) is 0. The molecule has 0 atom stereocenters. The van der Waals surface area contributed by atoms with Gasteiger partial charge in [-0.15, -0.1) is 0 Å². The first-order valence-electron chi connectivity index (χ1n) is 8.31. The van der Waals surface area contributed by atoms with E-state index >= 15 is 0 Å². The van der Waals surface area contributed by atoms with Gasteiger partial charge in [0.2, 0.25) is 16.6 Å². The van der Waals surface area contributed by atoms with Gasteiger partial charge in [0, 0.05) is 40.4 Å². The Balaban J connectivity index is 0.000000136. The molecule has 2 aromatic heterocycles. The normalized spacial score (nSPS) is 10.6. The third-order valence-corrected chi connectivity index (χ3v) is 4.29. The summed E-state index contributed by atoms with van der Waals surface area (Å²) < 4.78 is 1.86. The molecule has 126 valence electrons. The van der Waals surface area contributed by atoms with Crippen LogP contribution in [0.15, 0.2) is 97.2 Å². The van der Waals surface area contributed by atoms with Crippen LogP contribution >= 0.6 is 0 Å². The van der Waals surface area contributed by atoms with Crippen molar-refractivity contribution in [3.63, 3.8) is 0 Å². The van der Waals surface area contributed by atoms with Gasteiger partial charge in [0.15, 0.2) is 6.20 Å². The number of para-hydroxylation sites is 3. The molecule has 0 saturated heterocycles. The van der Waals surface area contributed by atoms with Gasteiger partial charge < -0.3 is 10.4 Å². The summed E-state index contributed by atoms with van der Waals surface area (Å²) in [6, 6.07) is 28.4. The molecule has 4 nitrogen and oxygen atoms in total. The Hall–Kier alpha value is -3.66. The minimum atomic E-state index is 0.718. The highest BCUT2D eigenvalue weighted by Gasteiger charge is 2.07. The number of nitrogens with zero attached hydrogens (tertiary/aromatic N) is 2. The zero-order valence-corrected chi connectivity index (χ0v) is 13.9. The molecule has 3 aromatic carbocycles. The molecule has 0 saturated carbocycles. The van der Waals surface area contributed by atoms with Crippen molar-refractivity contribution >= 4 is 32.7 Å². The molecule has 2 heterocycles. The maximum atomic E-state index is 12.0. The molecule has 0 spiro atoms. The van der Waals surface area contributed by atoms with Crippen LogP contribution in [0.3, 0.4) is 0 Å². The smallest absolute Gasteiger partial charge is 0.224 e. The van der Waals surface area contributed by atoms with Crippen molar-refractivity contribution in [2.75, 3.05) is 0 Å². The molecule has 0 N–H and O–H groups in total. The zero-order chi connectivity index (χ0) is 17.9. The van der Waals surface area contributed by atoms with Crippen molar-refractivity contribution < 1.29 is 9.46 Å². The molecule has 26 heavy (non-hydrogen) atoms. The van der Waals surface area contributed by atoms with Crippen LogP contribution in [-0.4, -0.2) is 0 Å². The summed E-state index contributed by atoms with van der Waals surface area (Å²) in [6.07, 6.45) is 1.50. The lowest BCUT2D eigenvalue weighted by atomic mass is 10.1. The highest BCUT2D eigenvalue weighted by atomic mass is 16.5. The Morgan fingerprint density at radius 1 is 0.500 bits per heavy atom. The molecule has 0 unspecified atom stereocenters. The van der Waals surface area contributed by atoms with Gasteiger partial charge in [-0.25, -0.2) is 0 Å². The van der Waals surface area contributed by atoms with Crippen molar-refractivity contribution in [3.8, 4) is 0 Å². The number of fused-ring (bicyclic) bond motifs is 3. The van der Waals surface area contributed by atoms with E-state index in [1.165, 1.54) is 6.20 Å². The van der Waals surface area contributed by atoms with Crippen LogP contribution in [0, 0.1) is 10.4 Å². The topological polar surface area (TPSA) is 53.9 Å². The summed E-state index contributed by atoms with van der Waals surface area (Å²) in [6.45, 7) is 0. The molecule has 5 aromatic rings. The second kappa shape index (κ2) is 6.69. The Morgan fingerprint density at radius 3 is 1.54 bits per heavy atom. The van der Waals surface area contributed by atoms with Gasteiger partial charge in [0.1, 0.15) is 0 Å². The second-order valence-corrected chi connectivity index (χ2v) is 5.95. The Labute approximate surface area is 150 Å². The third-order valence-electron chi connectivity index (χ3n) is 4.29. The number of rotatable bonds is 0. The molecule has 5 rings (SSSR count). The van der Waals surface area contributed by atoms with E-state index in [0.29, 0.717) is 0 Å². The third kappa shape index (κ3) is 2.89. The zero-order valence-electron chi connectivity index (χ0n) is 13.9. The summed E-state index contributed by atoms with van der Waals surface area (Å²) >= 11 is 0. The van der Waals surface area contributed by atoms with Gasteiger partial charge in [-0.3, -0.25) is 0 Å². The van der Waals surface area contributed by atoms with Gasteiger partial charge in [-0.2, -0.15) is 9.46 Å². The maximum absolute atomic E-state index is 12.0. The van der Waals surface area contributed by atoms with Gasteiger partial charge >= 0.3 is 0 Å². The Morgan fingerprint density at radius 2 is 0.962 bits per heavy atom. The molecule has 4 heteroatoms. The lowest BCUT2D eigenvalue weighted by Crippen LogP contribution is -2.27. The van der Waals surface area contributed by atoms with E-state index in [1.807, 2.05) is 84.9 Å². The SMILES string of the molecule is [O-][n+]1c2ccccc2cc2ccccc21.[O-][n+]1cccc2ccccc21. The molecule has 0 aliphatic heterocycles.